The summed E-state index contributed by atoms with van der Waals surface area (Å²) >= 11 is 0. The molecule has 0 amide bonds. The van der Waals surface area contributed by atoms with Crippen LogP contribution in [0.2, 0.25) is 0 Å². The van der Waals surface area contributed by atoms with E-state index in [-0.39, 0.29) is 10.7 Å². The minimum absolute atomic E-state index is 0.0702. The number of hydrogen-bond donors (Lipinski definition) is 0. The normalized spacial score (nSPS) is 13.0. The predicted molar refractivity (Wildman–Crippen MR) is 113 cm³/mol. The van der Waals surface area contributed by atoms with Gasteiger partial charge < -0.3 is 0 Å². The van der Waals surface area contributed by atoms with Crippen molar-refractivity contribution >= 4 is 37.6 Å². The van der Waals surface area contributed by atoms with Gasteiger partial charge in [-0.25, -0.2) is 0 Å². The predicted octanol–water partition coefficient (Wildman–Crippen LogP) is 4.03. The highest BCUT2D eigenvalue weighted by atomic mass is 32.2. The Morgan fingerprint density at radius 1 is 0.767 bits per heavy atom. The van der Waals surface area contributed by atoms with Crippen molar-refractivity contribution in [2.75, 3.05) is 0 Å². The molecule has 0 atom stereocenters. The molecule has 6 nitrogen and oxygen atoms in total. The fourth-order valence-corrected chi connectivity index (χ4v) is 5.57. The topological polar surface area (TPSA) is 81.9 Å². The summed E-state index contributed by atoms with van der Waals surface area (Å²) in [4.78, 5) is 17.4. The first-order valence-corrected chi connectivity index (χ1v) is 10.8. The number of pyridine rings is 1. The van der Waals surface area contributed by atoms with E-state index in [4.69, 9.17) is 0 Å². The number of para-hydroxylation sites is 1. The van der Waals surface area contributed by atoms with Gasteiger partial charge in [0.2, 0.25) is 0 Å². The Hall–Kier alpha value is -3.84. The van der Waals surface area contributed by atoms with Gasteiger partial charge in [0.15, 0.2) is 5.78 Å². The van der Waals surface area contributed by atoms with E-state index in [1.165, 1.54) is 6.07 Å². The summed E-state index contributed by atoms with van der Waals surface area (Å²) in [7, 11) is -4.06. The van der Waals surface area contributed by atoms with Crippen LogP contribution >= 0.6 is 0 Å². The number of benzene rings is 3. The highest BCUT2D eigenvalue weighted by Gasteiger charge is 2.32. The number of fused-ring (bicyclic) bond motifs is 3. The third kappa shape index (κ3) is 2.12. The van der Waals surface area contributed by atoms with Gasteiger partial charge in [-0.2, -0.15) is 17.6 Å². The van der Waals surface area contributed by atoms with E-state index in [9.17, 15) is 13.2 Å². The van der Waals surface area contributed by atoms with Crippen molar-refractivity contribution in [3.8, 4) is 11.3 Å². The molecule has 1 aliphatic carbocycles. The highest BCUT2D eigenvalue weighted by Crippen LogP contribution is 2.39. The minimum atomic E-state index is -4.06. The van der Waals surface area contributed by atoms with Gasteiger partial charge in [0, 0.05) is 33.7 Å². The molecule has 0 N–H and O–H groups in total. The van der Waals surface area contributed by atoms with E-state index in [0.717, 1.165) is 9.47 Å². The number of carbonyl (C=O) groups excluding carboxylic acids is 1. The van der Waals surface area contributed by atoms with Crippen LogP contribution in [-0.2, 0) is 10.0 Å². The summed E-state index contributed by atoms with van der Waals surface area (Å²) in [5, 5.41) is 5.78. The first kappa shape index (κ1) is 17.1. The monoisotopic (exact) mass is 411 g/mol. The summed E-state index contributed by atoms with van der Waals surface area (Å²) in [5.41, 5.74) is 2.86. The maximum absolute atomic E-state index is 13.7. The Morgan fingerprint density at radius 2 is 1.50 bits per heavy atom. The van der Waals surface area contributed by atoms with Gasteiger partial charge in [0.1, 0.15) is 10.6 Å². The van der Waals surface area contributed by atoms with Crippen LogP contribution in [0.4, 0.5) is 0 Å². The van der Waals surface area contributed by atoms with Crippen LogP contribution < -0.4 is 0 Å². The van der Waals surface area contributed by atoms with E-state index in [0.29, 0.717) is 38.8 Å². The minimum Gasteiger partial charge on any atom is -0.289 e. The quantitative estimate of drug-likeness (QED) is 0.430. The second-order valence-electron chi connectivity index (χ2n) is 7.10. The molecule has 7 heteroatoms. The Balaban J connectivity index is 1.72. The number of ketones is 1. The second-order valence-corrected chi connectivity index (χ2v) is 8.84. The smallest absolute Gasteiger partial charge is 0.285 e. The van der Waals surface area contributed by atoms with Gasteiger partial charge in [-0.05, 0) is 18.2 Å². The van der Waals surface area contributed by atoms with Crippen molar-refractivity contribution in [2.45, 2.75) is 4.90 Å². The number of hydrogen-bond acceptors (Lipinski definition) is 5. The third-order valence-corrected chi connectivity index (χ3v) is 7.07. The van der Waals surface area contributed by atoms with Crippen LogP contribution in [0.5, 0.6) is 0 Å². The molecule has 0 saturated carbocycles. The van der Waals surface area contributed by atoms with Crippen molar-refractivity contribution in [1.29, 1.82) is 0 Å². The lowest BCUT2D eigenvalue weighted by Crippen LogP contribution is -2.15. The molecule has 5 aromatic rings. The molecule has 30 heavy (non-hydrogen) atoms. The van der Waals surface area contributed by atoms with Crippen molar-refractivity contribution in [2.24, 2.45) is 0 Å². The Kier molecular flexibility index (Phi) is 3.32. The van der Waals surface area contributed by atoms with Gasteiger partial charge in [-0.1, -0.05) is 54.6 Å². The molecule has 2 aromatic heterocycles. The molecule has 0 bridgehead atoms. The Labute approximate surface area is 171 Å². The lowest BCUT2D eigenvalue weighted by atomic mass is 9.87. The van der Waals surface area contributed by atoms with Crippen LogP contribution in [0, 0.1) is 0 Å². The van der Waals surface area contributed by atoms with Crippen LogP contribution in [0.25, 0.3) is 33.1 Å². The summed E-state index contributed by atoms with van der Waals surface area (Å²) < 4.78 is 28.4. The standard InChI is InChI=1S/C23H13N3O3S/c27-23-16-9-2-1-8-15(16)22-20-17(23)10-4-11-18(20)26(25-22)30(28,29)19-12-3-6-14-7-5-13-24-21(14)19/h1-13H. The number of nitrogens with zero attached hydrogens (tertiary/aromatic N) is 3. The van der Waals surface area contributed by atoms with Gasteiger partial charge in [0.05, 0.1) is 11.0 Å². The summed E-state index contributed by atoms with van der Waals surface area (Å²) in [6, 6.07) is 20.8. The van der Waals surface area contributed by atoms with Crippen LogP contribution in [0.3, 0.4) is 0 Å². The summed E-state index contributed by atoms with van der Waals surface area (Å²) in [6.07, 6.45) is 1.56. The van der Waals surface area contributed by atoms with Crippen LogP contribution in [0.15, 0.2) is 83.9 Å². The zero-order chi connectivity index (χ0) is 20.5. The number of carbonyl (C=O) groups is 1. The summed E-state index contributed by atoms with van der Waals surface area (Å²) in [6.45, 7) is 0. The van der Waals surface area contributed by atoms with Crippen molar-refractivity contribution in [3.05, 3.63) is 90.1 Å². The molecule has 0 radical (unpaired) electrons. The number of rotatable bonds is 2. The molecule has 0 spiro atoms. The first-order chi connectivity index (χ1) is 14.6. The molecule has 1 aliphatic rings. The molecule has 0 aliphatic heterocycles. The number of aromatic nitrogens is 3. The molecular formula is C23H13N3O3S. The lowest BCUT2D eigenvalue weighted by molar-refractivity contribution is 0.104. The Bertz CT molecular complexity index is 1630. The molecule has 6 rings (SSSR count). The van der Waals surface area contributed by atoms with E-state index in [2.05, 4.69) is 10.1 Å². The molecule has 2 heterocycles. The molecule has 3 aromatic carbocycles. The molecule has 144 valence electrons. The largest absolute Gasteiger partial charge is 0.289 e. The first-order valence-electron chi connectivity index (χ1n) is 9.32. The maximum atomic E-state index is 13.7. The fraction of sp³-hybridized carbons (Fsp3) is 0. The van der Waals surface area contributed by atoms with Crippen molar-refractivity contribution < 1.29 is 13.2 Å². The van der Waals surface area contributed by atoms with Crippen LogP contribution in [0.1, 0.15) is 15.9 Å². The van der Waals surface area contributed by atoms with Crippen LogP contribution in [-0.4, -0.2) is 28.4 Å². The summed E-state index contributed by atoms with van der Waals surface area (Å²) in [5.74, 6) is -0.132. The zero-order valence-corrected chi connectivity index (χ0v) is 16.3. The van der Waals surface area contributed by atoms with Gasteiger partial charge >= 0.3 is 0 Å². The molecule has 0 fully saturated rings. The third-order valence-electron chi connectivity index (χ3n) is 5.45. The Morgan fingerprint density at radius 3 is 2.37 bits per heavy atom. The maximum Gasteiger partial charge on any atom is 0.285 e. The molecular weight excluding hydrogens is 398 g/mol. The average Bonchev–Trinajstić information content (AvgIpc) is 3.18. The van der Waals surface area contributed by atoms with E-state index >= 15 is 0 Å². The highest BCUT2D eigenvalue weighted by molar-refractivity contribution is 7.90. The van der Waals surface area contributed by atoms with Crippen molar-refractivity contribution in [1.82, 2.24) is 14.2 Å². The fourth-order valence-electron chi connectivity index (χ4n) is 4.11. The van der Waals surface area contributed by atoms with E-state index < -0.39 is 10.0 Å². The van der Waals surface area contributed by atoms with Gasteiger partial charge in [0.25, 0.3) is 10.0 Å². The van der Waals surface area contributed by atoms with Gasteiger partial charge in [-0.3, -0.25) is 9.78 Å². The molecule has 0 saturated heterocycles. The SMILES string of the molecule is O=C1c2ccccc2-c2nn(S(=O)(=O)c3cccc4cccnc34)c3cccc1c23. The van der Waals surface area contributed by atoms with E-state index in [1.807, 2.05) is 18.2 Å². The van der Waals surface area contributed by atoms with E-state index in [1.54, 1.807) is 54.7 Å². The average molecular weight is 411 g/mol. The van der Waals surface area contributed by atoms with Crippen molar-refractivity contribution in [3.63, 3.8) is 0 Å². The van der Waals surface area contributed by atoms with Gasteiger partial charge in [-0.15, -0.1) is 0 Å². The molecule has 0 unspecified atom stereocenters. The zero-order valence-electron chi connectivity index (χ0n) is 15.5. The lowest BCUT2D eigenvalue weighted by Gasteiger charge is -2.13. The second kappa shape index (κ2) is 5.84.